The van der Waals surface area contributed by atoms with Crippen LogP contribution in [-0.4, -0.2) is 16.9 Å². The number of amides is 2. The molecule has 1 rings (SSSR count). The van der Waals surface area contributed by atoms with E-state index in [1.54, 1.807) is 31.2 Å². The summed E-state index contributed by atoms with van der Waals surface area (Å²) in [7, 11) is 0. The van der Waals surface area contributed by atoms with E-state index in [-0.39, 0.29) is 23.5 Å². The number of benzene rings is 1. The fraction of sp³-hybridized carbons (Fsp3) is 0.771. The predicted molar refractivity (Wildman–Crippen MR) is 169 cm³/mol. The number of carbonyl (C=O) groups is 2. The van der Waals surface area contributed by atoms with Crippen LogP contribution in [-0.2, 0) is 9.59 Å². The van der Waals surface area contributed by atoms with Crippen molar-refractivity contribution in [3.8, 4) is 5.75 Å². The fourth-order valence-electron chi connectivity index (χ4n) is 5.28. The number of carbonyl (C=O) groups excluding carboxylic acids is 2. The lowest BCUT2D eigenvalue weighted by Crippen LogP contribution is -2.45. The molecule has 2 amide bonds. The third-order valence-electron chi connectivity index (χ3n) is 8.28. The Balaban J connectivity index is 1.86. The van der Waals surface area contributed by atoms with Crippen LogP contribution in [0.15, 0.2) is 24.3 Å². The lowest BCUT2D eigenvalue weighted by molar-refractivity contribution is -0.131. The molecule has 1 aromatic rings. The van der Waals surface area contributed by atoms with Gasteiger partial charge in [-0.15, -0.1) is 0 Å². The molecule has 230 valence electrons. The van der Waals surface area contributed by atoms with Crippen molar-refractivity contribution in [3.05, 3.63) is 29.8 Å². The van der Waals surface area contributed by atoms with E-state index in [1.807, 2.05) is 6.92 Å². The molecule has 0 saturated carbocycles. The number of hydrogen-bond acceptors (Lipinski definition) is 3. The van der Waals surface area contributed by atoms with Gasteiger partial charge >= 0.3 is 0 Å². The van der Waals surface area contributed by atoms with Crippen LogP contribution >= 0.6 is 0 Å². The van der Waals surface area contributed by atoms with Gasteiger partial charge < -0.3 is 5.11 Å². The summed E-state index contributed by atoms with van der Waals surface area (Å²) in [6.07, 6.45) is 29.6. The molecule has 0 bridgehead atoms. The third-order valence-corrected chi connectivity index (χ3v) is 8.28. The molecule has 1 aromatic carbocycles. The first-order valence-corrected chi connectivity index (χ1v) is 16.8. The van der Waals surface area contributed by atoms with Gasteiger partial charge in [-0.25, -0.2) is 0 Å². The number of hydrogen-bond donors (Lipinski definition) is 3. The van der Waals surface area contributed by atoms with Gasteiger partial charge in [0.25, 0.3) is 0 Å². The van der Waals surface area contributed by atoms with E-state index < -0.39 is 5.92 Å². The maximum atomic E-state index is 12.3. The summed E-state index contributed by atoms with van der Waals surface area (Å²) < 4.78 is 0. The third kappa shape index (κ3) is 19.1. The molecule has 0 aliphatic rings. The monoisotopic (exact) mass is 558 g/mol. The van der Waals surface area contributed by atoms with Crippen molar-refractivity contribution in [2.24, 2.45) is 5.92 Å². The molecule has 0 radical (unpaired) electrons. The van der Waals surface area contributed by atoms with Crippen molar-refractivity contribution < 1.29 is 14.7 Å². The van der Waals surface area contributed by atoms with Crippen LogP contribution in [0.4, 0.5) is 0 Å². The first kappa shape index (κ1) is 36.0. The van der Waals surface area contributed by atoms with Gasteiger partial charge in [0, 0.05) is 5.92 Å². The molecule has 3 N–H and O–H groups in total. The van der Waals surface area contributed by atoms with Crippen LogP contribution in [0.2, 0.25) is 0 Å². The molecule has 5 nitrogen and oxygen atoms in total. The van der Waals surface area contributed by atoms with Crippen molar-refractivity contribution in [1.82, 2.24) is 10.9 Å². The minimum atomic E-state index is -0.412. The quantitative estimate of drug-likeness (QED) is 0.0825. The van der Waals surface area contributed by atoms with E-state index in [0.717, 1.165) is 18.4 Å². The number of unbranched alkanes of at least 4 members (excludes halogenated alkanes) is 20. The second-order valence-electron chi connectivity index (χ2n) is 12.1. The van der Waals surface area contributed by atoms with Gasteiger partial charge in [-0.1, -0.05) is 161 Å². The van der Waals surface area contributed by atoms with Crippen molar-refractivity contribution in [2.45, 2.75) is 168 Å². The Hall–Kier alpha value is -2.04. The Kier molecular flexibility index (Phi) is 22.3. The molecule has 5 heteroatoms. The minimum absolute atomic E-state index is 0.121. The highest BCUT2D eigenvalue weighted by Gasteiger charge is 2.18. The van der Waals surface area contributed by atoms with E-state index in [1.165, 1.54) is 128 Å². The minimum Gasteiger partial charge on any atom is -0.508 e. The first-order valence-electron chi connectivity index (χ1n) is 16.8. The van der Waals surface area contributed by atoms with E-state index in [4.69, 9.17) is 0 Å². The average molecular weight is 559 g/mol. The molecule has 0 aromatic heterocycles. The van der Waals surface area contributed by atoms with E-state index in [2.05, 4.69) is 17.8 Å². The fourth-order valence-corrected chi connectivity index (χ4v) is 5.28. The molecule has 0 aliphatic carbocycles. The standard InChI is InChI=1S/C35H62N2O3/c1-4-5-6-7-8-9-10-11-12-13-14-15-16-17-18-19-20-21-22-23-24-25-30(2)34(39)36-37-35(40)31(3)32-26-28-33(38)29-27-32/h26-31,38H,4-25H2,1-3H3,(H,36,39)(H,37,40). The Labute approximate surface area is 246 Å². The SMILES string of the molecule is CCCCCCCCCCCCCCCCCCCCCCCC(C)C(=O)NNC(=O)C(C)c1ccc(O)cc1. The number of phenols is 1. The van der Waals surface area contributed by atoms with Crippen LogP contribution in [0, 0.1) is 5.92 Å². The Bertz CT molecular complexity index is 750. The predicted octanol–water partition coefficient (Wildman–Crippen LogP) is 9.88. The molecule has 0 heterocycles. The largest absolute Gasteiger partial charge is 0.508 e. The van der Waals surface area contributed by atoms with Crippen molar-refractivity contribution in [3.63, 3.8) is 0 Å². The van der Waals surface area contributed by atoms with E-state index in [9.17, 15) is 14.7 Å². The van der Waals surface area contributed by atoms with Gasteiger partial charge in [-0.2, -0.15) is 0 Å². The number of nitrogens with one attached hydrogen (secondary N) is 2. The van der Waals surface area contributed by atoms with E-state index >= 15 is 0 Å². The summed E-state index contributed by atoms with van der Waals surface area (Å²) in [5, 5.41) is 9.39. The molecular weight excluding hydrogens is 496 g/mol. The molecule has 0 saturated heterocycles. The highest BCUT2D eigenvalue weighted by Crippen LogP contribution is 2.19. The Morgan fingerprint density at radius 3 is 1.32 bits per heavy atom. The van der Waals surface area contributed by atoms with Crippen molar-refractivity contribution in [1.29, 1.82) is 0 Å². The number of phenolic OH excluding ortho intramolecular Hbond substituents is 1. The first-order chi connectivity index (χ1) is 19.5. The van der Waals surface area contributed by atoms with Crippen LogP contribution < -0.4 is 10.9 Å². The molecule has 0 fully saturated rings. The lowest BCUT2D eigenvalue weighted by Gasteiger charge is -2.16. The van der Waals surface area contributed by atoms with Crippen molar-refractivity contribution >= 4 is 11.8 Å². The summed E-state index contributed by atoms with van der Waals surface area (Å²) >= 11 is 0. The smallest absolute Gasteiger partial charge is 0.245 e. The zero-order chi connectivity index (χ0) is 29.3. The van der Waals surface area contributed by atoms with Gasteiger partial charge in [0.05, 0.1) is 5.92 Å². The molecule has 2 atom stereocenters. The average Bonchev–Trinajstić information content (AvgIpc) is 2.96. The second-order valence-corrected chi connectivity index (χ2v) is 12.1. The zero-order valence-corrected chi connectivity index (χ0v) is 26.3. The van der Waals surface area contributed by atoms with Gasteiger partial charge in [-0.05, 0) is 31.0 Å². The number of rotatable bonds is 25. The summed E-state index contributed by atoms with van der Waals surface area (Å²) in [6, 6.07) is 6.54. The molecular formula is C35H62N2O3. The Morgan fingerprint density at radius 2 is 0.925 bits per heavy atom. The summed E-state index contributed by atoms with van der Waals surface area (Å²) in [5.41, 5.74) is 5.90. The van der Waals surface area contributed by atoms with Gasteiger partial charge in [0.2, 0.25) is 11.8 Å². The van der Waals surface area contributed by atoms with Crippen LogP contribution in [0.1, 0.15) is 174 Å². The normalized spacial score (nSPS) is 12.7. The molecule has 0 spiro atoms. The van der Waals surface area contributed by atoms with Crippen LogP contribution in [0.5, 0.6) is 5.75 Å². The lowest BCUT2D eigenvalue weighted by atomic mass is 10.00. The summed E-state index contributed by atoms with van der Waals surface area (Å²) in [5.74, 6) is -0.770. The highest BCUT2D eigenvalue weighted by atomic mass is 16.3. The molecule has 0 aliphatic heterocycles. The second kappa shape index (κ2) is 24.7. The van der Waals surface area contributed by atoms with E-state index in [0.29, 0.717) is 0 Å². The maximum absolute atomic E-state index is 12.3. The van der Waals surface area contributed by atoms with Crippen LogP contribution in [0.3, 0.4) is 0 Å². The molecule has 2 unspecified atom stereocenters. The molecule has 40 heavy (non-hydrogen) atoms. The Morgan fingerprint density at radius 1 is 0.575 bits per heavy atom. The summed E-state index contributed by atoms with van der Waals surface area (Å²) in [6.45, 7) is 5.98. The highest BCUT2D eigenvalue weighted by molar-refractivity contribution is 5.86. The number of hydrazine groups is 1. The van der Waals surface area contributed by atoms with Gasteiger partial charge in [0.15, 0.2) is 0 Å². The zero-order valence-electron chi connectivity index (χ0n) is 26.3. The van der Waals surface area contributed by atoms with Gasteiger partial charge in [0.1, 0.15) is 5.75 Å². The maximum Gasteiger partial charge on any atom is 0.245 e. The van der Waals surface area contributed by atoms with Crippen molar-refractivity contribution in [2.75, 3.05) is 0 Å². The summed E-state index contributed by atoms with van der Waals surface area (Å²) in [4.78, 5) is 24.7. The topological polar surface area (TPSA) is 78.4 Å². The number of aromatic hydroxyl groups is 1. The van der Waals surface area contributed by atoms with Gasteiger partial charge in [-0.3, -0.25) is 20.4 Å². The van der Waals surface area contributed by atoms with Crippen LogP contribution in [0.25, 0.3) is 0 Å².